The Morgan fingerprint density at radius 1 is 0.914 bits per heavy atom. The molecule has 1 fully saturated rings. The lowest BCUT2D eigenvalue weighted by molar-refractivity contribution is -0.130. The molecular formula is C25H26Br2N2O6. The van der Waals surface area contributed by atoms with Gasteiger partial charge in [0.15, 0.2) is 11.5 Å². The molecule has 1 heterocycles. The largest absolute Gasteiger partial charge is 0.492 e. The predicted octanol–water partition coefficient (Wildman–Crippen LogP) is 5.46. The minimum Gasteiger partial charge on any atom is -0.492 e. The van der Waals surface area contributed by atoms with Crippen LogP contribution >= 0.6 is 31.9 Å². The van der Waals surface area contributed by atoms with Crippen LogP contribution in [0.1, 0.15) is 38.3 Å². The van der Waals surface area contributed by atoms with Gasteiger partial charge in [-0.3, -0.25) is 19.8 Å². The summed E-state index contributed by atoms with van der Waals surface area (Å²) in [4.78, 5) is 39.2. The van der Waals surface area contributed by atoms with Crippen molar-refractivity contribution in [3.05, 3.63) is 56.0 Å². The molecule has 10 heteroatoms. The minimum absolute atomic E-state index is 0.0416. The van der Waals surface area contributed by atoms with Gasteiger partial charge in [0, 0.05) is 0 Å². The monoisotopic (exact) mass is 608 g/mol. The zero-order chi connectivity index (χ0) is 25.5. The second kappa shape index (κ2) is 12.2. The Balaban J connectivity index is 1.89. The Labute approximate surface area is 220 Å². The molecule has 2 aromatic rings. The Kier molecular flexibility index (Phi) is 9.33. The molecule has 0 aromatic heterocycles. The van der Waals surface area contributed by atoms with Crippen LogP contribution in [0.2, 0.25) is 0 Å². The number of hydrogen-bond donors (Lipinski definition) is 1. The van der Waals surface area contributed by atoms with Gasteiger partial charge in [0.1, 0.15) is 11.3 Å². The molecule has 2 aromatic carbocycles. The van der Waals surface area contributed by atoms with Gasteiger partial charge in [-0.2, -0.15) is 0 Å². The smallest absolute Gasteiger partial charge is 0.331 e. The van der Waals surface area contributed by atoms with Gasteiger partial charge in [0.25, 0.3) is 11.8 Å². The van der Waals surface area contributed by atoms with Crippen LogP contribution in [0.5, 0.6) is 17.2 Å². The molecule has 4 amide bonds. The third kappa shape index (κ3) is 6.43. The molecule has 1 N–H and O–H groups in total. The number of hydrogen-bond acceptors (Lipinski definition) is 6. The van der Waals surface area contributed by atoms with Crippen molar-refractivity contribution in [1.29, 1.82) is 0 Å². The van der Waals surface area contributed by atoms with Gasteiger partial charge in [0.05, 0.1) is 35.3 Å². The quantitative estimate of drug-likeness (QED) is 0.284. The van der Waals surface area contributed by atoms with Gasteiger partial charge in [0.2, 0.25) is 0 Å². The highest BCUT2D eigenvalue weighted by Crippen LogP contribution is 2.36. The van der Waals surface area contributed by atoms with E-state index >= 15 is 0 Å². The van der Waals surface area contributed by atoms with Gasteiger partial charge in [-0.1, -0.05) is 13.0 Å². The van der Waals surface area contributed by atoms with Gasteiger partial charge in [-0.05, 0) is 93.6 Å². The standard InChI is InChI=1S/C25H26Br2N2O6/c1-4-9-35-20-8-7-15(13-21(20)33-5-2)14-29-24(31)17(23(30)28-25(29)32)10-16-11-18(26)22(34-6-3)19(27)12-16/h7-8,10-13H,4-6,9,14H2,1-3H3,(H,28,30,32)/b17-10+. The maximum atomic E-state index is 13.2. The molecule has 0 unspecified atom stereocenters. The van der Waals surface area contributed by atoms with Gasteiger partial charge in [-0.15, -0.1) is 0 Å². The summed E-state index contributed by atoms with van der Waals surface area (Å²) in [5.41, 5.74) is 1.08. The van der Waals surface area contributed by atoms with Crippen LogP contribution < -0.4 is 19.5 Å². The molecule has 1 aliphatic rings. The van der Waals surface area contributed by atoms with Crippen molar-refractivity contribution in [3.63, 3.8) is 0 Å². The van der Waals surface area contributed by atoms with Gasteiger partial charge in [-0.25, -0.2) is 4.79 Å². The number of nitrogens with one attached hydrogen (secondary N) is 1. The van der Waals surface area contributed by atoms with Crippen molar-refractivity contribution in [2.24, 2.45) is 0 Å². The van der Waals surface area contributed by atoms with E-state index in [4.69, 9.17) is 14.2 Å². The molecule has 186 valence electrons. The Morgan fingerprint density at radius 3 is 2.23 bits per heavy atom. The van der Waals surface area contributed by atoms with E-state index in [9.17, 15) is 14.4 Å². The van der Waals surface area contributed by atoms with Crippen LogP contribution in [0, 0.1) is 0 Å². The first-order valence-electron chi connectivity index (χ1n) is 11.2. The van der Waals surface area contributed by atoms with E-state index in [1.54, 1.807) is 30.3 Å². The summed E-state index contributed by atoms with van der Waals surface area (Å²) in [6.45, 7) is 7.15. The second-order valence-corrected chi connectivity index (χ2v) is 9.23. The van der Waals surface area contributed by atoms with E-state index in [1.807, 2.05) is 20.8 Å². The third-order valence-electron chi connectivity index (χ3n) is 4.92. The molecule has 1 aliphatic heterocycles. The van der Waals surface area contributed by atoms with Crippen LogP contribution in [0.25, 0.3) is 6.08 Å². The fourth-order valence-electron chi connectivity index (χ4n) is 3.38. The highest BCUT2D eigenvalue weighted by molar-refractivity contribution is 9.11. The first-order valence-corrected chi connectivity index (χ1v) is 12.8. The molecule has 0 radical (unpaired) electrons. The maximum absolute atomic E-state index is 13.2. The molecule has 0 spiro atoms. The number of benzene rings is 2. The van der Waals surface area contributed by atoms with Crippen molar-refractivity contribution in [2.75, 3.05) is 19.8 Å². The number of nitrogens with zero attached hydrogens (tertiary/aromatic N) is 1. The Bertz CT molecular complexity index is 1140. The summed E-state index contributed by atoms with van der Waals surface area (Å²) in [6, 6.07) is 7.92. The summed E-state index contributed by atoms with van der Waals surface area (Å²) in [5.74, 6) is 0.288. The molecule has 1 saturated heterocycles. The SMILES string of the molecule is CCCOc1ccc(CN2C(=O)NC(=O)/C(=C\c3cc(Br)c(OCC)c(Br)c3)C2=O)cc1OCC. The lowest BCUT2D eigenvalue weighted by Crippen LogP contribution is -2.53. The van der Waals surface area contributed by atoms with E-state index in [0.29, 0.717) is 57.1 Å². The van der Waals surface area contributed by atoms with Crippen molar-refractivity contribution in [1.82, 2.24) is 10.2 Å². The number of urea groups is 1. The van der Waals surface area contributed by atoms with Crippen LogP contribution in [-0.4, -0.2) is 42.6 Å². The highest BCUT2D eigenvalue weighted by atomic mass is 79.9. The molecule has 0 aliphatic carbocycles. The van der Waals surface area contributed by atoms with Crippen LogP contribution in [-0.2, 0) is 16.1 Å². The van der Waals surface area contributed by atoms with Crippen molar-refractivity contribution in [3.8, 4) is 17.2 Å². The topological polar surface area (TPSA) is 94.2 Å². The molecule has 0 saturated carbocycles. The maximum Gasteiger partial charge on any atom is 0.331 e. The number of rotatable bonds is 10. The van der Waals surface area contributed by atoms with E-state index in [-0.39, 0.29) is 12.1 Å². The highest BCUT2D eigenvalue weighted by Gasteiger charge is 2.36. The zero-order valence-corrected chi connectivity index (χ0v) is 22.8. The fourth-order valence-corrected chi connectivity index (χ4v) is 4.83. The minimum atomic E-state index is -0.782. The Hall–Kier alpha value is -2.85. The van der Waals surface area contributed by atoms with E-state index in [0.717, 1.165) is 11.3 Å². The summed E-state index contributed by atoms with van der Waals surface area (Å²) < 4.78 is 18.3. The van der Waals surface area contributed by atoms with Gasteiger partial charge < -0.3 is 14.2 Å². The number of halogens is 2. The van der Waals surface area contributed by atoms with Crippen LogP contribution in [0.15, 0.2) is 44.9 Å². The van der Waals surface area contributed by atoms with Crippen LogP contribution in [0.3, 0.4) is 0 Å². The van der Waals surface area contributed by atoms with E-state index in [1.165, 1.54) is 6.08 Å². The average Bonchev–Trinajstić information content (AvgIpc) is 2.81. The lowest BCUT2D eigenvalue weighted by atomic mass is 10.1. The molecule has 8 nitrogen and oxygen atoms in total. The number of amides is 4. The molecule has 0 bridgehead atoms. The normalized spacial score (nSPS) is 14.8. The number of carbonyl (C=O) groups is 3. The van der Waals surface area contributed by atoms with Crippen molar-refractivity contribution >= 4 is 55.8 Å². The fraction of sp³-hybridized carbons (Fsp3) is 0.320. The first-order chi connectivity index (χ1) is 16.8. The molecule has 3 rings (SSSR count). The summed E-state index contributed by atoms with van der Waals surface area (Å²) in [6.07, 6.45) is 2.29. The number of barbiturate groups is 1. The zero-order valence-electron chi connectivity index (χ0n) is 19.7. The average molecular weight is 610 g/mol. The predicted molar refractivity (Wildman–Crippen MR) is 138 cm³/mol. The molecule has 0 atom stereocenters. The lowest BCUT2D eigenvalue weighted by Gasteiger charge is -2.26. The number of carbonyl (C=O) groups excluding carboxylic acids is 3. The number of ether oxygens (including phenoxy) is 3. The second-order valence-electron chi connectivity index (χ2n) is 7.52. The Morgan fingerprint density at radius 2 is 1.60 bits per heavy atom. The van der Waals surface area contributed by atoms with Crippen molar-refractivity contribution in [2.45, 2.75) is 33.7 Å². The van der Waals surface area contributed by atoms with Crippen molar-refractivity contribution < 1.29 is 28.6 Å². The third-order valence-corrected chi connectivity index (χ3v) is 6.09. The van der Waals surface area contributed by atoms with Crippen LogP contribution in [0.4, 0.5) is 4.79 Å². The van der Waals surface area contributed by atoms with E-state index in [2.05, 4.69) is 37.2 Å². The molecule has 35 heavy (non-hydrogen) atoms. The molecular weight excluding hydrogens is 584 g/mol. The summed E-state index contributed by atoms with van der Waals surface area (Å²) in [7, 11) is 0. The summed E-state index contributed by atoms with van der Waals surface area (Å²) >= 11 is 6.89. The number of imide groups is 2. The summed E-state index contributed by atoms with van der Waals surface area (Å²) in [5, 5.41) is 2.25. The first kappa shape index (κ1) is 26.7. The van der Waals surface area contributed by atoms with Gasteiger partial charge >= 0.3 is 6.03 Å². The van der Waals surface area contributed by atoms with E-state index < -0.39 is 17.8 Å².